The quantitative estimate of drug-likeness (QED) is 0.510. The Hall–Kier alpha value is -2.55. The molecule has 0 aliphatic heterocycles. The fraction of sp³-hybridized carbons (Fsp3) is 0.167. The van der Waals surface area contributed by atoms with Crippen LogP contribution in [-0.4, -0.2) is 15.8 Å². The van der Waals surface area contributed by atoms with Gasteiger partial charge in [0.25, 0.3) is 11.6 Å². The van der Waals surface area contributed by atoms with E-state index in [1.165, 1.54) is 11.3 Å². The molecule has 3 N–H and O–H groups in total. The molecule has 0 atom stereocenters. The highest BCUT2D eigenvalue weighted by Gasteiger charge is 2.23. The van der Waals surface area contributed by atoms with Crippen LogP contribution in [0.2, 0.25) is 0 Å². The van der Waals surface area contributed by atoms with Crippen molar-refractivity contribution in [3.63, 3.8) is 0 Å². The summed E-state index contributed by atoms with van der Waals surface area (Å²) >= 11 is 1.34. The van der Waals surface area contributed by atoms with Gasteiger partial charge < -0.3 is 11.1 Å². The molecule has 1 aromatic heterocycles. The molecule has 1 amide bonds. The van der Waals surface area contributed by atoms with E-state index in [0.29, 0.717) is 0 Å². The number of nitrogens with one attached hydrogen (secondary N) is 1. The first kappa shape index (κ1) is 14.9. The van der Waals surface area contributed by atoms with Crippen molar-refractivity contribution in [2.24, 2.45) is 0 Å². The number of nitro groups is 1. The maximum atomic E-state index is 13.7. The molecule has 2 rings (SSSR count). The highest BCUT2D eigenvalue weighted by molar-refractivity contribution is 7.09. The van der Waals surface area contributed by atoms with E-state index >= 15 is 0 Å². The van der Waals surface area contributed by atoms with Crippen molar-refractivity contribution in [2.45, 2.75) is 13.5 Å². The zero-order valence-corrected chi connectivity index (χ0v) is 11.7. The molecule has 0 saturated heterocycles. The molecule has 0 spiro atoms. The first-order chi connectivity index (χ1) is 9.91. The second kappa shape index (κ2) is 5.83. The number of hydrogen-bond acceptors (Lipinski definition) is 6. The number of nitrogens with zero attached hydrogens (tertiary/aromatic N) is 2. The normalized spacial score (nSPS) is 10.4. The minimum Gasteiger partial charge on any atom is -0.392 e. The molecule has 7 nitrogen and oxygen atoms in total. The Kier molecular flexibility index (Phi) is 4.13. The number of thiazole rings is 1. The van der Waals surface area contributed by atoms with Crippen LogP contribution in [0.1, 0.15) is 20.9 Å². The van der Waals surface area contributed by atoms with Gasteiger partial charge in [0.15, 0.2) is 0 Å². The summed E-state index contributed by atoms with van der Waals surface area (Å²) in [4.78, 5) is 26.8. The number of carbonyl (C=O) groups excluding carboxylic acids is 1. The topological polar surface area (TPSA) is 111 Å². The molecule has 9 heteroatoms. The Morgan fingerprint density at radius 3 is 2.86 bits per heavy atom. The second-order valence-corrected chi connectivity index (χ2v) is 5.10. The number of carbonyl (C=O) groups is 1. The largest absolute Gasteiger partial charge is 0.392 e. The number of hydrogen-bond donors (Lipinski definition) is 2. The average molecular weight is 310 g/mol. The molecule has 0 aliphatic carbocycles. The molecule has 0 fully saturated rings. The van der Waals surface area contributed by atoms with E-state index in [1.54, 1.807) is 12.4 Å². The summed E-state index contributed by atoms with van der Waals surface area (Å²) in [6.45, 7) is 1.93. The number of nitrogen functional groups attached to an aromatic ring is 1. The summed E-state index contributed by atoms with van der Waals surface area (Å²) in [5.41, 5.74) is 6.38. The van der Waals surface area contributed by atoms with E-state index < -0.39 is 33.6 Å². The fourth-order valence-electron chi connectivity index (χ4n) is 1.72. The summed E-state index contributed by atoms with van der Waals surface area (Å²) in [7, 11) is 0. The van der Waals surface area contributed by atoms with Gasteiger partial charge in [-0.3, -0.25) is 14.9 Å². The third kappa shape index (κ3) is 2.97. The smallest absolute Gasteiger partial charge is 0.293 e. The number of anilines is 1. The van der Waals surface area contributed by atoms with E-state index in [-0.39, 0.29) is 6.54 Å². The van der Waals surface area contributed by atoms with Crippen molar-refractivity contribution in [3.8, 4) is 0 Å². The van der Waals surface area contributed by atoms with Crippen LogP contribution < -0.4 is 11.1 Å². The molecular formula is C12H11FN4O3S. The van der Waals surface area contributed by atoms with Crippen molar-refractivity contribution in [2.75, 3.05) is 5.73 Å². The van der Waals surface area contributed by atoms with Gasteiger partial charge in [-0.1, -0.05) is 0 Å². The standard InChI is InChI=1S/C12H11FN4O3S/c1-6-9(21-5-16-6)4-15-12(18)10-7(13)2-3-8(11(10)14)17(19)20/h2-3,5H,4,14H2,1H3,(H,15,18). The first-order valence-electron chi connectivity index (χ1n) is 5.81. The fourth-order valence-corrected chi connectivity index (χ4v) is 2.43. The van der Waals surface area contributed by atoms with E-state index in [4.69, 9.17) is 5.73 Å². The number of aromatic nitrogens is 1. The third-order valence-electron chi connectivity index (χ3n) is 2.85. The van der Waals surface area contributed by atoms with Gasteiger partial charge in [-0.05, 0) is 13.0 Å². The highest BCUT2D eigenvalue weighted by atomic mass is 32.1. The first-order valence-corrected chi connectivity index (χ1v) is 6.69. The van der Waals surface area contributed by atoms with Gasteiger partial charge in [-0.25, -0.2) is 9.37 Å². The van der Waals surface area contributed by atoms with Gasteiger partial charge in [0.1, 0.15) is 17.1 Å². The van der Waals surface area contributed by atoms with Crippen LogP contribution in [-0.2, 0) is 6.54 Å². The van der Waals surface area contributed by atoms with Crippen molar-refractivity contribution in [3.05, 3.63) is 49.7 Å². The Morgan fingerprint density at radius 1 is 1.57 bits per heavy atom. The number of nitro benzene ring substituents is 1. The molecule has 110 valence electrons. The van der Waals surface area contributed by atoms with E-state index in [1.807, 2.05) is 0 Å². The number of amides is 1. The zero-order chi connectivity index (χ0) is 15.6. The van der Waals surface area contributed by atoms with Crippen molar-refractivity contribution in [1.29, 1.82) is 0 Å². The third-order valence-corrected chi connectivity index (χ3v) is 3.78. The van der Waals surface area contributed by atoms with Crippen LogP contribution >= 0.6 is 11.3 Å². The van der Waals surface area contributed by atoms with Crippen molar-refractivity contribution in [1.82, 2.24) is 10.3 Å². The Bertz CT molecular complexity index is 717. The van der Waals surface area contributed by atoms with E-state index in [9.17, 15) is 19.3 Å². The van der Waals surface area contributed by atoms with Crippen LogP contribution in [0.5, 0.6) is 0 Å². The van der Waals surface area contributed by atoms with E-state index in [2.05, 4.69) is 10.3 Å². The summed E-state index contributed by atoms with van der Waals surface area (Å²) in [5.74, 6) is -1.71. The van der Waals surface area contributed by atoms with Crippen LogP contribution in [0.4, 0.5) is 15.8 Å². The van der Waals surface area contributed by atoms with Crippen molar-refractivity contribution < 1.29 is 14.1 Å². The van der Waals surface area contributed by atoms with Gasteiger partial charge in [0, 0.05) is 10.9 Å². The molecule has 0 saturated carbocycles. The molecule has 21 heavy (non-hydrogen) atoms. The maximum absolute atomic E-state index is 13.7. The Morgan fingerprint density at radius 2 is 2.29 bits per heavy atom. The van der Waals surface area contributed by atoms with Crippen LogP contribution in [0.3, 0.4) is 0 Å². The van der Waals surface area contributed by atoms with Gasteiger partial charge >= 0.3 is 0 Å². The van der Waals surface area contributed by atoms with Gasteiger partial charge in [0.05, 0.1) is 22.7 Å². The van der Waals surface area contributed by atoms with E-state index in [0.717, 1.165) is 22.7 Å². The number of rotatable bonds is 4. The molecule has 1 aromatic carbocycles. The number of halogens is 1. The molecule has 1 heterocycles. The van der Waals surface area contributed by atoms with Crippen molar-refractivity contribution >= 4 is 28.6 Å². The van der Waals surface area contributed by atoms with Gasteiger partial charge in [0.2, 0.25) is 0 Å². The number of benzene rings is 1. The molecular weight excluding hydrogens is 299 g/mol. The summed E-state index contributed by atoms with van der Waals surface area (Å²) in [6.07, 6.45) is 0. The molecule has 0 aliphatic rings. The van der Waals surface area contributed by atoms with Crippen LogP contribution in [0, 0.1) is 22.9 Å². The monoisotopic (exact) mass is 310 g/mol. The minimum atomic E-state index is -0.906. The predicted octanol–water partition coefficient (Wildman–Crippen LogP) is 2.01. The molecule has 0 bridgehead atoms. The lowest BCUT2D eigenvalue weighted by Gasteiger charge is -2.08. The van der Waals surface area contributed by atoms with Crippen LogP contribution in [0.15, 0.2) is 17.6 Å². The summed E-state index contributed by atoms with van der Waals surface area (Å²) < 4.78 is 13.7. The highest BCUT2D eigenvalue weighted by Crippen LogP contribution is 2.27. The molecule has 0 radical (unpaired) electrons. The zero-order valence-electron chi connectivity index (χ0n) is 10.9. The minimum absolute atomic E-state index is 0.150. The lowest BCUT2D eigenvalue weighted by Crippen LogP contribution is -2.25. The second-order valence-electron chi connectivity index (χ2n) is 4.16. The summed E-state index contributed by atoms with van der Waals surface area (Å²) in [6, 6.07) is 1.77. The lowest BCUT2D eigenvalue weighted by atomic mass is 10.1. The van der Waals surface area contributed by atoms with Gasteiger partial charge in [-0.15, -0.1) is 11.3 Å². The maximum Gasteiger partial charge on any atom is 0.293 e. The molecule has 2 aromatic rings. The van der Waals surface area contributed by atoms with Gasteiger partial charge in [-0.2, -0.15) is 0 Å². The Balaban J connectivity index is 2.25. The summed E-state index contributed by atoms with van der Waals surface area (Å²) in [5, 5.41) is 13.2. The average Bonchev–Trinajstić information content (AvgIpc) is 2.81. The number of aryl methyl sites for hydroxylation is 1. The number of nitrogens with two attached hydrogens (primary N) is 1. The SMILES string of the molecule is Cc1ncsc1CNC(=O)c1c(F)ccc([N+](=O)[O-])c1N. The lowest BCUT2D eigenvalue weighted by molar-refractivity contribution is -0.384. The Labute approximate surface area is 122 Å². The predicted molar refractivity (Wildman–Crippen MR) is 75.5 cm³/mol. The molecule has 0 unspecified atom stereocenters. The van der Waals surface area contributed by atoms with Crippen LogP contribution in [0.25, 0.3) is 0 Å².